The van der Waals surface area contributed by atoms with Gasteiger partial charge in [0.25, 0.3) is 0 Å². The summed E-state index contributed by atoms with van der Waals surface area (Å²) in [6, 6.07) is 4.10. The molecule has 3 heterocycles. The lowest BCUT2D eigenvalue weighted by atomic mass is 9.95. The fourth-order valence-corrected chi connectivity index (χ4v) is 3.32. The zero-order valence-corrected chi connectivity index (χ0v) is 14.6. The smallest absolute Gasteiger partial charge is 0.164 e. The lowest BCUT2D eigenvalue weighted by Crippen LogP contribution is -2.20. The Bertz CT molecular complexity index is 912. The highest BCUT2D eigenvalue weighted by atomic mass is 15.3. The number of nitrogens with zero attached hydrogens (tertiary/aromatic N) is 5. The summed E-state index contributed by atoms with van der Waals surface area (Å²) >= 11 is 0. The van der Waals surface area contributed by atoms with Crippen molar-refractivity contribution in [2.24, 2.45) is 7.05 Å². The first kappa shape index (κ1) is 15.7. The lowest BCUT2D eigenvalue weighted by Gasteiger charge is -2.21. The van der Waals surface area contributed by atoms with Gasteiger partial charge >= 0.3 is 0 Å². The van der Waals surface area contributed by atoms with E-state index in [-0.39, 0.29) is 6.04 Å². The van der Waals surface area contributed by atoms with Crippen LogP contribution in [0.1, 0.15) is 32.6 Å². The maximum Gasteiger partial charge on any atom is 0.164 e. The maximum absolute atomic E-state index is 4.79. The Morgan fingerprint density at radius 1 is 1.16 bits per heavy atom. The SMILES string of the molecule is C[C@@H](Nc1nc(-c2ccncc2)nc2c1cnn2C)C1=CCCCC1. The third-order valence-corrected chi connectivity index (χ3v) is 4.77. The molecule has 0 bridgehead atoms. The minimum Gasteiger partial charge on any atom is -0.363 e. The van der Waals surface area contributed by atoms with Gasteiger partial charge < -0.3 is 5.32 Å². The van der Waals surface area contributed by atoms with Crippen molar-refractivity contribution in [3.63, 3.8) is 0 Å². The molecule has 0 aliphatic heterocycles. The van der Waals surface area contributed by atoms with Crippen molar-refractivity contribution in [3.05, 3.63) is 42.4 Å². The van der Waals surface area contributed by atoms with Gasteiger partial charge in [-0.2, -0.15) is 5.10 Å². The van der Waals surface area contributed by atoms with E-state index >= 15 is 0 Å². The van der Waals surface area contributed by atoms with Crippen LogP contribution in [0.25, 0.3) is 22.4 Å². The largest absolute Gasteiger partial charge is 0.363 e. The number of hydrogen-bond acceptors (Lipinski definition) is 5. The van der Waals surface area contributed by atoms with Crippen molar-refractivity contribution in [2.45, 2.75) is 38.6 Å². The standard InChI is InChI=1S/C19H22N6/c1-13(14-6-4-3-5-7-14)22-18-16-12-21-25(2)19(16)24-17(23-18)15-8-10-20-11-9-15/h6,8-13H,3-5,7H2,1-2H3,(H,22,23,24)/t13-/m1/s1. The van der Waals surface area contributed by atoms with Crippen LogP contribution in [0, 0.1) is 0 Å². The molecule has 0 unspecified atom stereocenters. The van der Waals surface area contributed by atoms with E-state index in [4.69, 9.17) is 9.97 Å². The second kappa shape index (κ2) is 6.63. The van der Waals surface area contributed by atoms with Gasteiger partial charge in [-0.15, -0.1) is 0 Å². The zero-order chi connectivity index (χ0) is 17.2. The normalized spacial score (nSPS) is 15.8. The van der Waals surface area contributed by atoms with Gasteiger partial charge in [-0.3, -0.25) is 9.67 Å². The van der Waals surface area contributed by atoms with Gasteiger partial charge in [-0.05, 0) is 44.7 Å². The van der Waals surface area contributed by atoms with Crippen LogP contribution in [-0.2, 0) is 7.05 Å². The average Bonchev–Trinajstić information content (AvgIpc) is 3.04. The van der Waals surface area contributed by atoms with Crippen LogP contribution in [0.4, 0.5) is 5.82 Å². The van der Waals surface area contributed by atoms with Crippen LogP contribution in [0.3, 0.4) is 0 Å². The number of hydrogen-bond donors (Lipinski definition) is 1. The second-order valence-corrected chi connectivity index (χ2v) is 6.53. The van der Waals surface area contributed by atoms with Crippen molar-refractivity contribution in [1.82, 2.24) is 24.7 Å². The average molecular weight is 334 g/mol. The van der Waals surface area contributed by atoms with E-state index in [1.54, 1.807) is 17.1 Å². The Morgan fingerprint density at radius 2 is 2.00 bits per heavy atom. The Balaban J connectivity index is 1.75. The van der Waals surface area contributed by atoms with Crippen molar-refractivity contribution in [1.29, 1.82) is 0 Å². The molecule has 3 aromatic rings. The van der Waals surface area contributed by atoms with Gasteiger partial charge in [-0.1, -0.05) is 11.6 Å². The summed E-state index contributed by atoms with van der Waals surface area (Å²) in [4.78, 5) is 13.6. The summed E-state index contributed by atoms with van der Waals surface area (Å²) in [6.07, 6.45) is 12.6. The maximum atomic E-state index is 4.79. The van der Waals surface area contributed by atoms with E-state index in [0.717, 1.165) is 28.8 Å². The summed E-state index contributed by atoms with van der Waals surface area (Å²) in [6.45, 7) is 2.20. The molecule has 6 heteroatoms. The summed E-state index contributed by atoms with van der Waals surface area (Å²) < 4.78 is 1.79. The third kappa shape index (κ3) is 3.12. The van der Waals surface area contributed by atoms with E-state index in [1.807, 2.05) is 25.4 Å². The lowest BCUT2D eigenvalue weighted by molar-refractivity contribution is 0.665. The minimum absolute atomic E-state index is 0.254. The van der Waals surface area contributed by atoms with Crippen LogP contribution in [0.2, 0.25) is 0 Å². The number of rotatable bonds is 4. The number of anilines is 1. The predicted molar refractivity (Wildman–Crippen MR) is 99.2 cm³/mol. The molecule has 1 N–H and O–H groups in total. The Morgan fingerprint density at radius 3 is 2.76 bits per heavy atom. The van der Waals surface area contributed by atoms with E-state index in [2.05, 4.69) is 28.4 Å². The molecule has 0 aromatic carbocycles. The van der Waals surface area contributed by atoms with Crippen molar-refractivity contribution >= 4 is 16.9 Å². The van der Waals surface area contributed by atoms with E-state index in [1.165, 1.54) is 24.8 Å². The second-order valence-electron chi connectivity index (χ2n) is 6.53. The van der Waals surface area contributed by atoms with Crippen LogP contribution in [-0.4, -0.2) is 30.8 Å². The van der Waals surface area contributed by atoms with E-state index < -0.39 is 0 Å². The first-order chi connectivity index (χ1) is 12.2. The van der Waals surface area contributed by atoms with Crippen molar-refractivity contribution in [2.75, 3.05) is 5.32 Å². The number of aromatic nitrogens is 5. The van der Waals surface area contributed by atoms with Crippen molar-refractivity contribution < 1.29 is 0 Å². The number of allylic oxidation sites excluding steroid dienone is 1. The number of pyridine rings is 1. The molecule has 0 saturated carbocycles. The molecule has 0 spiro atoms. The summed E-state index contributed by atoms with van der Waals surface area (Å²) in [5.74, 6) is 1.52. The molecule has 3 aromatic heterocycles. The third-order valence-electron chi connectivity index (χ3n) is 4.77. The molecule has 4 rings (SSSR count). The first-order valence-corrected chi connectivity index (χ1v) is 8.78. The quantitative estimate of drug-likeness (QED) is 0.736. The number of aryl methyl sites for hydroxylation is 1. The fourth-order valence-electron chi connectivity index (χ4n) is 3.32. The van der Waals surface area contributed by atoms with Crippen LogP contribution < -0.4 is 5.32 Å². The minimum atomic E-state index is 0.254. The van der Waals surface area contributed by atoms with Crippen molar-refractivity contribution in [3.8, 4) is 11.4 Å². The van der Waals surface area contributed by atoms with Gasteiger partial charge in [0.05, 0.1) is 11.6 Å². The van der Waals surface area contributed by atoms with Crippen LogP contribution >= 0.6 is 0 Å². The molecule has 0 radical (unpaired) electrons. The van der Waals surface area contributed by atoms with Gasteiger partial charge in [-0.25, -0.2) is 9.97 Å². The Labute approximate surface area is 147 Å². The van der Waals surface area contributed by atoms with Gasteiger partial charge in [0, 0.05) is 31.0 Å². The molecule has 1 atom stereocenters. The zero-order valence-electron chi connectivity index (χ0n) is 14.6. The monoisotopic (exact) mass is 334 g/mol. The molecular weight excluding hydrogens is 312 g/mol. The Hall–Kier alpha value is -2.76. The molecule has 0 saturated heterocycles. The molecule has 1 aliphatic carbocycles. The summed E-state index contributed by atoms with van der Waals surface area (Å²) in [7, 11) is 1.91. The topological polar surface area (TPSA) is 68.5 Å². The van der Waals surface area contributed by atoms with Crippen LogP contribution in [0.15, 0.2) is 42.4 Å². The molecule has 6 nitrogen and oxygen atoms in total. The number of fused-ring (bicyclic) bond motifs is 1. The predicted octanol–water partition coefficient (Wildman–Crippen LogP) is 3.73. The first-order valence-electron chi connectivity index (χ1n) is 8.78. The molecule has 128 valence electrons. The number of nitrogens with one attached hydrogen (secondary N) is 1. The fraction of sp³-hybridized carbons (Fsp3) is 0.368. The van der Waals surface area contributed by atoms with Crippen LogP contribution in [0.5, 0.6) is 0 Å². The highest BCUT2D eigenvalue weighted by Gasteiger charge is 2.17. The molecule has 25 heavy (non-hydrogen) atoms. The molecular formula is C19H22N6. The van der Waals surface area contributed by atoms with E-state index in [0.29, 0.717) is 5.82 Å². The Kier molecular flexibility index (Phi) is 4.17. The summed E-state index contributed by atoms with van der Waals surface area (Å²) in [5.41, 5.74) is 3.24. The molecule has 1 aliphatic rings. The van der Waals surface area contributed by atoms with Gasteiger partial charge in [0.2, 0.25) is 0 Å². The highest BCUT2D eigenvalue weighted by molar-refractivity contribution is 5.88. The summed E-state index contributed by atoms with van der Waals surface area (Å²) in [5, 5.41) is 8.90. The molecule has 0 fully saturated rings. The van der Waals surface area contributed by atoms with Gasteiger partial charge in [0.1, 0.15) is 5.82 Å². The molecule has 0 amide bonds. The van der Waals surface area contributed by atoms with E-state index in [9.17, 15) is 0 Å². The van der Waals surface area contributed by atoms with Gasteiger partial charge in [0.15, 0.2) is 11.5 Å². The highest BCUT2D eigenvalue weighted by Crippen LogP contribution is 2.27.